The minimum absolute atomic E-state index is 0.0140. The second-order valence-corrected chi connectivity index (χ2v) is 7.40. The Morgan fingerprint density at radius 3 is 2.32 bits per heavy atom. The Balaban J connectivity index is 2.00. The largest absolute Gasteiger partial charge is 0.507 e. The fraction of sp³-hybridized carbons (Fsp3) is 0.364. The summed E-state index contributed by atoms with van der Waals surface area (Å²) in [6, 6.07) is 3.63. The molecule has 0 fully saturated rings. The lowest BCUT2D eigenvalue weighted by molar-refractivity contribution is 0.0955. The number of carbonyl (C=O) groups is 1. The van der Waals surface area contributed by atoms with E-state index in [4.69, 9.17) is 10.2 Å². The zero-order valence-electron chi connectivity index (χ0n) is 18.5. The molecule has 2 aromatic carbocycles. The van der Waals surface area contributed by atoms with Crippen LogP contribution in [0.1, 0.15) is 10.4 Å². The molecule has 12 nitrogen and oxygen atoms in total. The average molecular weight is 473 g/mol. The van der Waals surface area contributed by atoms with E-state index in [1.54, 1.807) is 0 Å². The van der Waals surface area contributed by atoms with Crippen LogP contribution in [-0.2, 0) is 0 Å². The second kappa shape index (κ2) is 12.0. The summed E-state index contributed by atoms with van der Waals surface area (Å²) in [6.45, 7) is 2.62. The third-order valence-electron chi connectivity index (χ3n) is 5.00. The van der Waals surface area contributed by atoms with Crippen LogP contribution in [0, 0.1) is 0 Å². The third-order valence-corrected chi connectivity index (χ3v) is 5.00. The van der Waals surface area contributed by atoms with Gasteiger partial charge in [-0.05, 0) is 12.1 Å². The van der Waals surface area contributed by atoms with Gasteiger partial charge in [0.05, 0.1) is 29.5 Å². The maximum absolute atomic E-state index is 12.7. The average Bonchev–Trinajstić information content (AvgIpc) is 2.82. The van der Waals surface area contributed by atoms with Crippen molar-refractivity contribution in [3.63, 3.8) is 0 Å². The molecule has 0 aliphatic rings. The Kier molecular flexibility index (Phi) is 8.87. The molecule has 1 amide bonds. The maximum Gasteiger partial charge on any atom is 0.253 e. The number of rotatable bonds is 12. The van der Waals surface area contributed by atoms with Gasteiger partial charge in [0.2, 0.25) is 10.9 Å². The van der Waals surface area contributed by atoms with E-state index < -0.39 is 16.8 Å². The lowest BCUT2D eigenvalue weighted by Gasteiger charge is -2.10. The van der Waals surface area contributed by atoms with Gasteiger partial charge in [-0.3, -0.25) is 14.4 Å². The van der Waals surface area contributed by atoms with Gasteiger partial charge in [-0.25, -0.2) is 4.98 Å². The summed E-state index contributed by atoms with van der Waals surface area (Å²) >= 11 is 0. The molecular weight excluding hydrogens is 444 g/mol. The van der Waals surface area contributed by atoms with Gasteiger partial charge >= 0.3 is 0 Å². The van der Waals surface area contributed by atoms with Gasteiger partial charge in [0, 0.05) is 51.5 Å². The van der Waals surface area contributed by atoms with E-state index in [0.717, 1.165) is 6.07 Å². The SMILES string of the molecule is O=C(NCCNCCO)c1ccc(=O)c2nc3/c(=C\NCCNCCO)c(O)cc(=O)c3[nH]c12. The number of phenolic OH excluding ortho intramolecular Hbond substituents is 1. The summed E-state index contributed by atoms with van der Waals surface area (Å²) in [4.78, 5) is 45.0. The van der Waals surface area contributed by atoms with Crippen LogP contribution >= 0.6 is 0 Å². The number of nitrogens with one attached hydrogen (secondary N) is 5. The molecule has 0 saturated carbocycles. The van der Waals surface area contributed by atoms with Crippen LogP contribution in [-0.4, -0.2) is 83.7 Å². The topological polar surface area (TPSA) is 189 Å². The Labute approximate surface area is 193 Å². The minimum atomic E-state index is -0.542. The molecule has 12 heteroatoms. The van der Waals surface area contributed by atoms with Gasteiger partial charge in [-0.15, -0.1) is 0 Å². The Morgan fingerprint density at radius 2 is 1.62 bits per heavy atom. The minimum Gasteiger partial charge on any atom is -0.507 e. The number of hydrogen-bond acceptors (Lipinski definition) is 10. The molecule has 1 aromatic heterocycles. The highest BCUT2D eigenvalue weighted by molar-refractivity contribution is 6.06. The first-order valence-corrected chi connectivity index (χ1v) is 10.9. The first-order chi connectivity index (χ1) is 16.5. The Bertz CT molecular complexity index is 1330. The number of aromatic hydroxyl groups is 1. The predicted octanol–water partition coefficient (Wildman–Crippen LogP) is -2.92. The predicted molar refractivity (Wildman–Crippen MR) is 128 cm³/mol. The van der Waals surface area contributed by atoms with Gasteiger partial charge in [0.1, 0.15) is 22.3 Å². The molecule has 3 aromatic rings. The molecule has 0 aliphatic carbocycles. The van der Waals surface area contributed by atoms with Crippen LogP contribution in [0.5, 0.6) is 5.75 Å². The van der Waals surface area contributed by atoms with Crippen molar-refractivity contribution in [3.05, 3.63) is 49.4 Å². The van der Waals surface area contributed by atoms with E-state index in [2.05, 4.69) is 31.2 Å². The summed E-state index contributed by atoms with van der Waals surface area (Å²) in [6.07, 6.45) is 1.49. The van der Waals surface area contributed by atoms with Crippen molar-refractivity contribution in [2.24, 2.45) is 0 Å². The van der Waals surface area contributed by atoms with Gasteiger partial charge < -0.3 is 41.6 Å². The normalized spacial score (nSPS) is 11.9. The molecule has 0 aliphatic heterocycles. The van der Waals surface area contributed by atoms with Crippen LogP contribution in [0.25, 0.3) is 28.3 Å². The highest BCUT2D eigenvalue weighted by Gasteiger charge is 2.16. The quantitative estimate of drug-likeness (QED) is 0.100. The van der Waals surface area contributed by atoms with Crippen LogP contribution in [0.15, 0.2) is 27.8 Å². The molecule has 0 atom stereocenters. The van der Waals surface area contributed by atoms with Crippen molar-refractivity contribution in [2.45, 2.75) is 0 Å². The first kappa shape index (κ1) is 25.1. The van der Waals surface area contributed by atoms with Crippen molar-refractivity contribution in [2.75, 3.05) is 52.5 Å². The molecule has 0 radical (unpaired) electrons. The van der Waals surface area contributed by atoms with Crippen LogP contribution in [0.2, 0.25) is 0 Å². The van der Waals surface area contributed by atoms with Crippen LogP contribution in [0.3, 0.4) is 0 Å². The van der Waals surface area contributed by atoms with Crippen LogP contribution in [0.4, 0.5) is 0 Å². The molecule has 1 heterocycles. The molecule has 8 N–H and O–H groups in total. The summed E-state index contributed by atoms with van der Waals surface area (Å²) < 4.78 is 0. The van der Waals surface area contributed by atoms with Crippen molar-refractivity contribution in [3.8, 4) is 5.75 Å². The molecule has 0 saturated heterocycles. The van der Waals surface area contributed by atoms with Crippen molar-refractivity contribution < 1.29 is 20.1 Å². The third kappa shape index (κ3) is 5.85. The number of phenols is 1. The second-order valence-electron chi connectivity index (χ2n) is 7.40. The van der Waals surface area contributed by atoms with E-state index in [1.165, 1.54) is 18.3 Å². The monoisotopic (exact) mass is 472 g/mol. The lowest BCUT2D eigenvalue weighted by Crippen LogP contribution is -2.33. The summed E-state index contributed by atoms with van der Waals surface area (Å²) in [5.41, 5.74) is -0.621. The van der Waals surface area contributed by atoms with E-state index in [0.29, 0.717) is 39.3 Å². The number of aliphatic hydroxyl groups is 2. The number of amides is 1. The van der Waals surface area contributed by atoms with E-state index in [-0.39, 0.29) is 51.8 Å². The highest BCUT2D eigenvalue weighted by atomic mass is 16.3. The molecule has 0 unspecified atom stereocenters. The highest BCUT2D eigenvalue weighted by Crippen LogP contribution is 2.15. The van der Waals surface area contributed by atoms with Crippen LogP contribution < -0.4 is 37.3 Å². The van der Waals surface area contributed by atoms with Gasteiger partial charge in [0.25, 0.3) is 5.91 Å². The number of aromatic amines is 1. The number of aromatic nitrogens is 2. The van der Waals surface area contributed by atoms with Crippen molar-refractivity contribution >= 4 is 34.2 Å². The first-order valence-electron chi connectivity index (χ1n) is 10.9. The lowest BCUT2D eigenvalue weighted by atomic mass is 10.1. The fourth-order valence-electron chi connectivity index (χ4n) is 3.36. The standard InChI is InChI=1S/C22H28N6O6/c29-9-7-23-3-4-25-12-14-16(32)11-17(33)21-19(14)28-20-15(31)2-1-13(18(20)27-21)22(34)26-6-5-24-8-10-30/h1-2,11-12,23-25,27,29-30,32H,3-10H2,(H,26,34)/b14-12-. The summed E-state index contributed by atoms with van der Waals surface area (Å²) in [5.74, 6) is -0.756. The Morgan fingerprint density at radius 1 is 0.912 bits per heavy atom. The number of carbonyl (C=O) groups excluding carboxylic acids is 1. The zero-order chi connectivity index (χ0) is 24.5. The Hall–Kier alpha value is -3.58. The fourth-order valence-corrected chi connectivity index (χ4v) is 3.36. The molecular formula is C22H28N6O6. The smallest absolute Gasteiger partial charge is 0.253 e. The van der Waals surface area contributed by atoms with Gasteiger partial charge in [-0.2, -0.15) is 0 Å². The maximum atomic E-state index is 12.7. The van der Waals surface area contributed by atoms with E-state index >= 15 is 0 Å². The zero-order valence-corrected chi connectivity index (χ0v) is 18.5. The van der Waals surface area contributed by atoms with E-state index in [9.17, 15) is 19.5 Å². The molecule has 0 spiro atoms. The van der Waals surface area contributed by atoms with Gasteiger partial charge in [0.15, 0.2) is 0 Å². The molecule has 0 bridgehead atoms. The van der Waals surface area contributed by atoms with Crippen molar-refractivity contribution in [1.29, 1.82) is 0 Å². The summed E-state index contributed by atoms with van der Waals surface area (Å²) in [7, 11) is 0. The number of aliphatic hydroxyl groups excluding tert-OH is 2. The number of nitrogens with zero attached hydrogens (tertiary/aromatic N) is 1. The number of H-pyrrole nitrogens is 1. The van der Waals surface area contributed by atoms with E-state index in [1.807, 2.05) is 0 Å². The number of fused-ring (bicyclic) bond motifs is 2. The van der Waals surface area contributed by atoms with Gasteiger partial charge in [-0.1, -0.05) is 0 Å². The summed E-state index contributed by atoms with van der Waals surface area (Å²) in [5, 5.41) is 39.8. The molecule has 34 heavy (non-hydrogen) atoms. The number of benzene rings is 2. The molecule has 182 valence electrons. The number of hydrogen-bond donors (Lipinski definition) is 8. The van der Waals surface area contributed by atoms with Crippen molar-refractivity contribution in [1.82, 2.24) is 31.2 Å². The molecule has 3 rings (SSSR count).